The molecule has 2 fully saturated rings. The number of carbonyl (C=O) groups is 2. The van der Waals surface area contributed by atoms with Crippen molar-refractivity contribution in [3.8, 4) is 0 Å². The monoisotopic (exact) mass is 489 g/mol. The maximum atomic E-state index is 14.1. The third kappa shape index (κ3) is 3.22. The third-order valence-electron chi connectivity index (χ3n) is 7.53. The van der Waals surface area contributed by atoms with Gasteiger partial charge >= 0.3 is 0 Å². The first kappa shape index (κ1) is 23.0. The molecule has 0 radical (unpaired) electrons. The third-order valence-corrected chi connectivity index (χ3v) is 8.72. The second-order valence-corrected chi connectivity index (χ2v) is 11.1. The fraction of sp³-hybridized carbons (Fsp3) is 0.500. The van der Waals surface area contributed by atoms with Crippen LogP contribution in [0.2, 0.25) is 0 Å². The molecule has 2 saturated heterocycles. The molecule has 1 spiro atoms. The van der Waals surface area contributed by atoms with E-state index in [2.05, 4.69) is 10.2 Å². The largest absolute Gasteiger partial charge is 0.503 e. The minimum absolute atomic E-state index is 0.0340. The number of rotatable bonds is 3. The van der Waals surface area contributed by atoms with Gasteiger partial charge in [-0.1, -0.05) is 6.07 Å². The van der Waals surface area contributed by atoms with Crippen LogP contribution in [-0.2, 0) is 26.2 Å². The van der Waals surface area contributed by atoms with E-state index in [4.69, 9.17) is 4.74 Å². The average Bonchev–Trinajstić information content (AvgIpc) is 3.44. The van der Waals surface area contributed by atoms with Crippen LogP contribution in [0.1, 0.15) is 49.2 Å². The smallest absolute Gasteiger partial charge is 0.213 e. The van der Waals surface area contributed by atoms with E-state index in [1.807, 2.05) is 13.8 Å². The zero-order valence-electron chi connectivity index (χ0n) is 19.2. The van der Waals surface area contributed by atoms with Crippen molar-refractivity contribution >= 4 is 22.9 Å². The highest BCUT2D eigenvalue weighted by atomic mass is 32.1. The van der Waals surface area contributed by atoms with Gasteiger partial charge in [0.1, 0.15) is 32.8 Å². The maximum Gasteiger partial charge on any atom is 0.213 e. The number of aliphatic hydroxyl groups excluding tert-OH is 1. The predicted octanol–water partition coefficient (Wildman–Crippen LogP) is 3.48. The highest BCUT2D eigenvalue weighted by Crippen LogP contribution is 2.51. The first-order valence-corrected chi connectivity index (χ1v) is 12.0. The number of ether oxygens (including phenoxy) is 1. The van der Waals surface area contributed by atoms with E-state index in [1.54, 1.807) is 11.8 Å². The van der Waals surface area contributed by atoms with Gasteiger partial charge in [-0.25, -0.2) is 8.78 Å². The molecule has 1 aromatic carbocycles. The second-order valence-electron chi connectivity index (χ2n) is 10.0. The first-order chi connectivity index (χ1) is 16.0. The lowest BCUT2D eigenvalue weighted by molar-refractivity contribution is -0.160. The molecule has 34 heavy (non-hydrogen) atoms. The van der Waals surface area contributed by atoms with Crippen molar-refractivity contribution in [3.05, 3.63) is 56.9 Å². The topological polar surface area (TPSA) is 92.6 Å². The lowest BCUT2D eigenvalue weighted by atomic mass is 9.64. The fourth-order valence-electron chi connectivity index (χ4n) is 5.30. The SMILES string of the molecule is CC1(c2nnc(Cc3ccc(F)cc3F)s2)CN2CC3(CCCO3)C(C)(C)C(=O)C2=C(O)C1=O. The van der Waals surface area contributed by atoms with Gasteiger partial charge in [0.25, 0.3) is 0 Å². The van der Waals surface area contributed by atoms with Gasteiger partial charge in [0, 0.05) is 32.2 Å². The van der Waals surface area contributed by atoms with Gasteiger partial charge in [-0.3, -0.25) is 9.59 Å². The Labute approximate surface area is 199 Å². The number of aromatic nitrogens is 2. The Morgan fingerprint density at radius 1 is 1.15 bits per heavy atom. The molecule has 180 valence electrons. The number of ketones is 2. The second kappa shape index (κ2) is 7.64. The molecular formula is C24H25F2N3O4S. The number of hydrogen-bond donors (Lipinski definition) is 1. The minimum atomic E-state index is -1.24. The van der Waals surface area contributed by atoms with E-state index >= 15 is 0 Å². The van der Waals surface area contributed by atoms with Gasteiger partial charge in [0.2, 0.25) is 5.78 Å². The summed E-state index contributed by atoms with van der Waals surface area (Å²) < 4.78 is 33.4. The lowest BCUT2D eigenvalue weighted by Gasteiger charge is -2.53. The van der Waals surface area contributed by atoms with Gasteiger partial charge in [-0.2, -0.15) is 0 Å². The van der Waals surface area contributed by atoms with Crippen molar-refractivity contribution in [2.45, 2.75) is 51.0 Å². The summed E-state index contributed by atoms with van der Waals surface area (Å²) in [5.74, 6) is -2.82. The molecule has 2 aromatic rings. The average molecular weight is 490 g/mol. The van der Waals surface area contributed by atoms with Crippen LogP contribution in [0.15, 0.2) is 29.7 Å². The van der Waals surface area contributed by atoms with Crippen LogP contribution >= 0.6 is 11.3 Å². The Morgan fingerprint density at radius 3 is 2.59 bits per heavy atom. The minimum Gasteiger partial charge on any atom is -0.503 e. The van der Waals surface area contributed by atoms with Crippen LogP contribution in [0.4, 0.5) is 8.78 Å². The van der Waals surface area contributed by atoms with E-state index in [0.29, 0.717) is 29.6 Å². The molecule has 1 aromatic heterocycles. The number of allylic oxidation sites excluding steroid dienone is 2. The molecule has 0 amide bonds. The van der Waals surface area contributed by atoms with Crippen LogP contribution in [-0.4, -0.2) is 57.1 Å². The van der Waals surface area contributed by atoms with Crippen LogP contribution in [0, 0.1) is 17.0 Å². The van der Waals surface area contributed by atoms with Crippen molar-refractivity contribution in [2.24, 2.45) is 5.41 Å². The number of Topliss-reactive ketones (excluding diaryl/α,β-unsaturated/α-hetero) is 2. The van der Waals surface area contributed by atoms with E-state index in [9.17, 15) is 23.5 Å². The van der Waals surface area contributed by atoms with Crippen molar-refractivity contribution in [1.82, 2.24) is 15.1 Å². The number of fused-ring (bicyclic) bond motifs is 1. The number of aliphatic hydroxyl groups is 1. The summed E-state index contributed by atoms with van der Waals surface area (Å²) in [6.45, 7) is 6.35. The van der Waals surface area contributed by atoms with Crippen molar-refractivity contribution in [1.29, 1.82) is 0 Å². The van der Waals surface area contributed by atoms with E-state index in [-0.39, 0.29) is 30.0 Å². The van der Waals surface area contributed by atoms with Gasteiger partial charge in [-0.15, -0.1) is 21.5 Å². The van der Waals surface area contributed by atoms with Gasteiger partial charge in [0.05, 0.1) is 11.0 Å². The normalized spacial score (nSPS) is 28.7. The molecule has 0 saturated carbocycles. The standard InChI is InChI=1S/C24H25F2N3O4S/c1-22(2)19(31)17-18(30)20(32)23(3,11-29(17)12-24(22)7-4-8-33-24)21-28-27-16(34-21)9-13-5-6-14(25)10-15(13)26/h5-6,10,30H,4,7-9,11-12H2,1-3H3. The van der Waals surface area contributed by atoms with Gasteiger partial charge in [0.15, 0.2) is 11.5 Å². The quantitative estimate of drug-likeness (QED) is 0.706. The number of hydrogen-bond acceptors (Lipinski definition) is 8. The highest BCUT2D eigenvalue weighted by Gasteiger charge is 2.62. The maximum absolute atomic E-state index is 14.1. The Kier molecular flexibility index (Phi) is 5.18. The first-order valence-electron chi connectivity index (χ1n) is 11.2. The summed E-state index contributed by atoms with van der Waals surface area (Å²) in [5, 5.41) is 20.0. The number of halogens is 2. The molecule has 3 aliphatic heterocycles. The number of nitrogens with zero attached hydrogens (tertiary/aromatic N) is 3. The zero-order valence-corrected chi connectivity index (χ0v) is 20.0. The molecule has 2 unspecified atom stereocenters. The predicted molar refractivity (Wildman–Crippen MR) is 119 cm³/mol. The number of piperidine rings is 1. The molecule has 3 aliphatic rings. The molecule has 2 atom stereocenters. The van der Waals surface area contributed by atoms with Crippen LogP contribution in [0.25, 0.3) is 0 Å². The molecule has 4 heterocycles. The molecule has 1 N–H and O–H groups in total. The van der Waals surface area contributed by atoms with Crippen molar-refractivity contribution in [2.75, 3.05) is 19.7 Å². The molecule has 5 rings (SSSR count). The Bertz CT molecular complexity index is 1230. The summed E-state index contributed by atoms with van der Waals surface area (Å²) >= 11 is 1.14. The van der Waals surface area contributed by atoms with Crippen LogP contribution in [0.3, 0.4) is 0 Å². The molecule has 7 nitrogen and oxygen atoms in total. The molecule has 0 aliphatic carbocycles. The fourth-order valence-corrected chi connectivity index (χ4v) is 6.30. The van der Waals surface area contributed by atoms with Crippen molar-refractivity contribution < 1.29 is 28.2 Å². The Hall–Kier alpha value is -2.72. The molecule has 10 heteroatoms. The summed E-state index contributed by atoms with van der Waals surface area (Å²) in [7, 11) is 0. The summed E-state index contributed by atoms with van der Waals surface area (Å²) in [5.41, 5.74) is -2.52. The Balaban J connectivity index is 1.49. The summed E-state index contributed by atoms with van der Waals surface area (Å²) in [6, 6.07) is 3.33. The zero-order chi connectivity index (χ0) is 24.5. The van der Waals surface area contributed by atoms with E-state index in [1.165, 1.54) is 12.1 Å². The molecular weight excluding hydrogens is 464 g/mol. The molecule has 0 bridgehead atoms. The van der Waals surface area contributed by atoms with Gasteiger partial charge < -0.3 is 14.7 Å². The van der Waals surface area contributed by atoms with Gasteiger partial charge in [-0.05, 0) is 45.2 Å². The summed E-state index contributed by atoms with van der Waals surface area (Å²) in [4.78, 5) is 28.5. The Morgan fingerprint density at radius 2 is 1.91 bits per heavy atom. The lowest BCUT2D eigenvalue weighted by Crippen LogP contribution is -2.66. The van der Waals surface area contributed by atoms with E-state index in [0.717, 1.165) is 23.8 Å². The highest BCUT2D eigenvalue weighted by molar-refractivity contribution is 7.11. The van der Waals surface area contributed by atoms with Crippen molar-refractivity contribution in [3.63, 3.8) is 0 Å². The summed E-state index contributed by atoms with van der Waals surface area (Å²) in [6.07, 6.45) is 1.65. The number of carbonyl (C=O) groups excluding carboxylic acids is 2. The number of benzene rings is 1. The van der Waals surface area contributed by atoms with Crippen LogP contribution < -0.4 is 0 Å². The van der Waals surface area contributed by atoms with E-state index < -0.39 is 39.6 Å². The van der Waals surface area contributed by atoms with Crippen LogP contribution in [0.5, 0.6) is 0 Å².